The van der Waals surface area contributed by atoms with Gasteiger partial charge in [0.25, 0.3) is 0 Å². The number of aromatic nitrogens is 3. The molecule has 0 spiro atoms. The van der Waals surface area contributed by atoms with E-state index < -0.39 is 0 Å². The predicted molar refractivity (Wildman–Crippen MR) is 273 cm³/mol. The molecule has 0 fully saturated rings. The monoisotopic (exact) mass is 831 g/mol. The highest BCUT2D eigenvalue weighted by Crippen LogP contribution is 2.46. The molecule has 14 rings (SSSR count). The first kappa shape index (κ1) is 35.4. The van der Waals surface area contributed by atoms with Gasteiger partial charge < -0.3 is 13.7 Å². The molecule has 0 saturated carbocycles. The van der Waals surface area contributed by atoms with Crippen molar-refractivity contribution in [1.29, 1.82) is 0 Å². The zero-order chi connectivity index (χ0) is 41.9. The summed E-state index contributed by atoms with van der Waals surface area (Å²) in [6.07, 6.45) is 0. The highest BCUT2D eigenvalue weighted by molar-refractivity contribution is 7.26. The van der Waals surface area contributed by atoms with Crippen LogP contribution in [-0.2, 0) is 0 Å². The summed E-state index contributed by atoms with van der Waals surface area (Å²) in [4.78, 5) is 0. The highest BCUT2D eigenvalue weighted by Gasteiger charge is 2.21. The Kier molecular flexibility index (Phi) is 7.56. The van der Waals surface area contributed by atoms with E-state index in [4.69, 9.17) is 0 Å². The van der Waals surface area contributed by atoms with Crippen LogP contribution < -0.4 is 0 Å². The molecule has 0 aliphatic rings. The van der Waals surface area contributed by atoms with Gasteiger partial charge in [-0.1, -0.05) is 140 Å². The summed E-state index contributed by atoms with van der Waals surface area (Å²) in [5.74, 6) is 0. The van der Waals surface area contributed by atoms with E-state index >= 15 is 0 Å². The zero-order valence-electron chi connectivity index (χ0n) is 34.6. The SMILES string of the molecule is c1ccc(-c2cccc(-c3cccc4sc5cccc(-n6c7ccccc7c7cc(-n8c9ccccc9c9cc(-n%10c%11ccccc%11c%11ccccc%11%10)ccc98)ccc76)c5c34)c2)cc1. The van der Waals surface area contributed by atoms with Crippen molar-refractivity contribution in [3.63, 3.8) is 0 Å². The van der Waals surface area contributed by atoms with Crippen LogP contribution in [0.4, 0.5) is 0 Å². The number of rotatable bonds is 5. The molecule has 10 aromatic carbocycles. The van der Waals surface area contributed by atoms with Crippen molar-refractivity contribution in [2.75, 3.05) is 0 Å². The summed E-state index contributed by atoms with van der Waals surface area (Å²) in [6, 6.07) is 82.6. The lowest BCUT2D eigenvalue weighted by atomic mass is 9.95. The summed E-state index contributed by atoms with van der Waals surface area (Å²) < 4.78 is 9.95. The average Bonchev–Trinajstić information content (AvgIpc) is 4.10. The minimum atomic E-state index is 1.14. The molecule has 0 aliphatic heterocycles. The van der Waals surface area contributed by atoms with Gasteiger partial charge in [-0.15, -0.1) is 11.3 Å². The van der Waals surface area contributed by atoms with Gasteiger partial charge in [0, 0.05) is 63.9 Å². The zero-order valence-corrected chi connectivity index (χ0v) is 35.4. The molecule has 0 atom stereocenters. The van der Waals surface area contributed by atoms with Gasteiger partial charge in [0.2, 0.25) is 0 Å². The van der Waals surface area contributed by atoms with Crippen LogP contribution in [0, 0.1) is 0 Å². The first-order valence-corrected chi connectivity index (χ1v) is 22.7. The molecule has 0 bridgehead atoms. The van der Waals surface area contributed by atoms with E-state index in [0.717, 1.165) is 11.4 Å². The fraction of sp³-hybridized carbons (Fsp3) is 0. The van der Waals surface area contributed by atoms with E-state index in [1.54, 1.807) is 0 Å². The van der Waals surface area contributed by atoms with Crippen LogP contribution in [0.5, 0.6) is 0 Å². The molecule has 0 amide bonds. The van der Waals surface area contributed by atoms with Crippen LogP contribution in [0.25, 0.3) is 125 Å². The largest absolute Gasteiger partial charge is 0.309 e. The standard InChI is InChI=1S/C60H37N3S/c1-2-15-38(16-3-1)39-17-12-18-40(35-39)43-23-13-29-57-59(43)60-56(28-14-30-58(60)64-57)63-53-27-11-7-22-47(53)49-37-42(32-34-55(49)63)62-52-26-10-6-21-46(52)48-36-41(31-33-54(48)62)61-50-24-8-4-19-44(50)45-20-5-9-25-51(45)61/h1-37H. The number of para-hydroxylation sites is 4. The summed E-state index contributed by atoms with van der Waals surface area (Å²) in [6.45, 7) is 0. The first-order valence-electron chi connectivity index (χ1n) is 21.9. The van der Waals surface area contributed by atoms with Gasteiger partial charge in [-0.25, -0.2) is 0 Å². The van der Waals surface area contributed by atoms with Crippen LogP contribution in [-0.4, -0.2) is 13.7 Å². The van der Waals surface area contributed by atoms with Gasteiger partial charge in [0.15, 0.2) is 0 Å². The summed E-state index contributed by atoms with van der Waals surface area (Å²) in [5.41, 5.74) is 15.6. The van der Waals surface area contributed by atoms with E-state index in [9.17, 15) is 0 Å². The Morgan fingerprint density at radius 1 is 0.266 bits per heavy atom. The minimum Gasteiger partial charge on any atom is -0.309 e. The van der Waals surface area contributed by atoms with E-state index in [-0.39, 0.29) is 0 Å². The van der Waals surface area contributed by atoms with Crippen LogP contribution >= 0.6 is 11.3 Å². The highest BCUT2D eigenvalue weighted by atomic mass is 32.1. The normalized spacial score (nSPS) is 12.1. The van der Waals surface area contributed by atoms with Crippen molar-refractivity contribution in [1.82, 2.24) is 13.7 Å². The lowest BCUT2D eigenvalue weighted by molar-refractivity contribution is 1.16. The molecule has 14 aromatic rings. The van der Waals surface area contributed by atoms with Crippen molar-refractivity contribution >= 4 is 96.9 Å². The fourth-order valence-electron chi connectivity index (χ4n) is 10.7. The van der Waals surface area contributed by atoms with Crippen molar-refractivity contribution in [3.8, 4) is 39.3 Å². The second-order valence-electron chi connectivity index (χ2n) is 16.9. The predicted octanol–water partition coefficient (Wildman–Crippen LogP) is 16.7. The minimum absolute atomic E-state index is 1.14. The third-order valence-electron chi connectivity index (χ3n) is 13.4. The molecule has 4 aromatic heterocycles. The molecule has 0 aliphatic carbocycles. The molecule has 0 radical (unpaired) electrons. The molecule has 0 saturated heterocycles. The van der Waals surface area contributed by atoms with Crippen LogP contribution in [0.15, 0.2) is 224 Å². The molecule has 4 heteroatoms. The van der Waals surface area contributed by atoms with Crippen molar-refractivity contribution in [3.05, 3.63) is 224 Å². The molecule has 64 heavy (non-hydrogen) atoms. The lowest BCUT2D eigenvalue weighted by Crippen LogP contribution is -1.97. The molecule has 0 N–H and O–H groups in total. The second-order valence-corrected chi connectivity index (χ2v) is 17.9. The number of benzene rings is 10. The third kappa shape index (κ3) is 5.09. The number of hydrogen-bond acceptors (Lipinski definition) is 1. The van der Waals surface area contributed by atoms with Gasteiger partial charge in [0.1, 0.15) is 0 Å². The molecule has 298 valence electrons. The quantitative estimate of drug-likeness (QED) is 0.164. The Hall–Kier alpha value is -8.18. The fourth-order valence-corrected chi connectivity index (χ4v) is 11.9. The van der Waals surface area contributed by atoms with Crippen molar-refractivity contribution in [2.45, 2.75) is 0 Å². The van der Waals surface area contributed by atoms with E-state index in [1.165, 1.54) is 114 Å². The summed E-state index contributed by atoms with van der Waals surface area (Å²) in [5, 5.41) is 10.1. The van der Waals surface area contributed by atoms with Gasteiger partial charge in [-0.2, -0.15) is 0 Å². The Labute approximate surface area is 372 Å². The molecular formula is C60H37N3S. The van der Waals surface area contributed by atoms with E-state index in [2.05, 4.69) is 238 Å². The maximum atomic E-state index is 2.50. The molecule has 4 heterocycles. The average molecular weight is 832 g/mol. The summed E-state index contributed by atoms with van der Waals surface area (Å²) in [7, 11) is 0. The smallest absolute Gasteiger partial charge is 0.0555 e. The Balaban J connectivity index is 0.974. The van der Waals surface area contributed by atoms with Gasteiger partial charge in [-0.3, -0.25) is 0 Å². The Morgan fingerprint density at radius 3 is 1.31 bits per heavy atom. The van der Waals surface area contributed by atoms with Crippen molar-refractivity contribution in [2.24, 2.45) is 0 Å². The van der Waals surface area contributed by atoms with Gasteiger partial charge in [-0.05, 0) is 107 Å². The Morgan fingerprint density at radius 2 is 0.703 bits per heavy atom. The van der Waals surface area contributed by atoms with Crippen LogP contribution in [0.2, 0.25) is 0 Å². The molecule has 3 nitrogen and oxygen atoms in total. The topological polar surface area (TPSA) is 14.8 Å². The van der Waals surface area contributed by atoms with Crippen molar-refractivity contribution < 1.29 is 0 Å². The maximum Gasteiger partial charge on any atom is 0.0555 e. The maximum absolute atomic E-state index is 2.50. The number of hydrogen-bond donors (Lipinski definition) is 0. The first-order chi connectivity index (χ1) is 31.8. The third-order valence-corrected chi connectivity index (χ3v) is 14.6. The number of thiophene rings is 1. The van der Waals surface area contributed by atoms with Crippen LogP contribution in [0.1, 0.15) is 0 Å². The lowest BCUT2D eigenvalue weighted by Gasteiger charge is -2.13. The molecule has 0 unspecified atom stereocenters. The number of fused-ring (bicyclic) bond motifs is 12. The van der Waals surface area contributed by atoms with E-state index in [1.807, 2.05) is 11.3 Å². The molecular weight excluding hydrogens is 795 g/mol. The van der Waals surface area contributed by atoms with E-state index in [0.29, 0.717) is 0 Å². The number of nitrogens with zero attached hydrogens (tertiary/aromatic N) is 3. The van der Waals surface area contributed by atoms with Crippen LogP contribution in [0.3, 0.4) is 0 Å². The van der Waals surface area contributed by atoms with Gasteiger partial charge in [0.05, 0.1) is 38.8 Å². The summed E-state index contributed by atoms with van der Waals surface area (Å²) >= 11 is 1.88. The second kappa shape index (κ2) is 13.7. The van der Waals surface area contributed by atoms with Gasteiger partial charge >= 0.3 is 0 Å². The Bertz CT molecular complexity index is 4140.